The molecule has 102 valence electrons. The van der Waals surface area contributed by atoms with Crippen molar-refractivity contribution < 1.29 is 0 Å². The van der Waals surface area contributed by atoms with Crippen molar-refractivity contribution in [2.24, 2.45) is 13.0 Å². The second-order valence-electron chi connectivity index (χ2n) is 4.81. The number of rotatable bonds is 6. The van der Waals surface area contributed by atoms with Crippen LogP contribution in [0.1, 0.15) is 17.8 Å². The molecule has 2 nitrogen and oxygen atoms in total. The minimum atomic E-state index is 0.580. The molecule has 1 heterocycles. The fraction of sp³-hybridized carbons (Fsp3) is 0.400. The quantitative estimate of drug-likeness (QED) is 0.718. The van der Waals surface area contributed by atoms with Crippen LogP contribution in [0.3, 0.4) is 0 Å². The molecule has 2 rings (SSSR count). The standard InChI is InChI=1S/C15H18BrClN2/c1-19-9-8-18-15(19)7-6-12(11-16)10-13-4-2-3-5-14(13)17/h2-5,8-9,12H,6-7,10-11H2,1H3. The Balaban J connectivity index is 1.94. The Labute approximate surface area is 127 Å². The highest BCUT2D eigenvalue weighted by Gasteiger charge is 2.12. The predicted molar refractivity (Wildman–Crippen MR) is 84.0 cm³/mol. The van der Waals surface area contributed by atoms with E-state index in [1.54, 1.807) is 0 Å². The molecule has 0 amide bonds. The van der Waals surface area contributed by atoms with Gasteiger partial charge < -0.3 is 4.57 Å². The van der Waals surface area contributed by atoms with Gasteiger partial charge in [-0.2, -0.15) is 0 Å². The second kappa shape index (κ2) is 7.11. The maximum Gasteiger partial charge on any atom is 0.108 e. The molecule has 0 aliphatic rings. The Morgan fingerprint density at radius 1 is 1.37 bits per heavy atom. The van der Waals surface area contributed by atoms with Crippen molar-refractivity contribution in [1.82, 2.24) is 9.55 Å². The zero-order chi connectivity index (χ0) is 13.7. The highest BCUT2D eigenvalue weighted by molar-refractivity contribution is 9.09. The van der Waals surface area contributed by atoms with E-state index in [-0.39, 0.29) is 0 Å². The lowest BCUT2D eigenvalue weighted by atomic mass is 9.96. The van der Waals surface area contributed by atoms with Gasteiger partial charge in [-0.1, -0.05) is 45.7 Å². The average Bonchev–Trinajstić information content (AvgIpc) is 2.82. The monoisotopic (exact) mass is 340 g/mol. The molecule has 0 aliphatic heterocycles. The van der Waals surface area contributed by atoms with E-state index in [1.165, 1.54) is 5.56 Å². The third-order valence-corrected chi connectivity index (χ3v) is 4.67. The van der Waals surface area contributed by atoms with Crippen LogP contribution in [-0.2, 0) is 19.9 Å². The largest absolute Gasteiger partial charge is 0.338 e. The molecule has 1 atom stereocenters. The highest BCUT2D eigenvalue weighted by Crippen LogP contribution is 2.22. The molecule has 0 bridgehead atoms. The van der Waals surface area contributed by atoms with Crippen LogP contribution in [0.25, 0.3) is 0 Å². The van der Waals surface area contributed by atoms with Crippen molar-refractivity contribution in [2.75, 3.05) is 5.33 Å². The molecular weight excluding hydrogens is 324 g/mol. The van der Waals surface area contributed by atoms with Crippen LogP contribution in [0.4, 0.5) is 0 Å². The Kier molecular flexibility index (Phi) is 5.46. The average molecular weight is 342 g/mol. The van der Waals surface area contributed by atoms with Crippen LogP contribution in [0.15, 0.2) is 36.7 Å². The Morgan fingerprint density at radius 2 is 2.16 bits per heavy atom. The van der Waals surface area contributed by atoms with Gasteiger partial charge in [-0.05, 0) is 30.4 Å². The molecule has 1 aromatic heterocycles. The zero-order valence-electron chi connectivity index (χ0n) is 11.0. The fourth-order valence-corrected chi connectivity index (χ4v) is 2.94. The maximum absolute atomic E-state index is 6.22. The van der Waals surface area contributed by atoms with Gasteiger partial charge in [-0.25, -0.2) is 4.98 Å². The summed E-state index contributed by atoms with van der Waals surface area (Å²) < 4.78 is 2.08. The van der Waals surface area contributed by atoms with Gasteiger partial charge in [0.05, 0.1) is 0 Å². The van der Waals surface area contributed by atoms with Gasteiger partial charge in [0.2, 0.25) is 0 Å². The third-order valence-electron chi connectivity index (χ3n) is 3.38. The van der Waals surface area contributed by atoms with Gasteiger partial charge in [-0.3, -0.25) is 0 Å². The van der Waals surface area contributed by atoms with Gasteiger partial charge >= 0.3 is 0 Å². The van der Waals surface area contributed by atoms with Crippen molar-refractivity contribution in [3.05, 3.63) is 53.1 Å². The topological polar surface area (TPSA) is 17.8 Å². The summed E-state index contributed by atoms with van der Waals surface area (Å²) in [6.07, 6.45) is 6.97. The summed E-state index contributed by atoms with van der Waals surface area (Å²) in [5.74, 6) is 1.72. The first-order valence-electron chi connectivity index (χ1n) is 6.46. The Bertz CT molecular complexity index is 524. The third kappa shape index (κ3) is 4.08. The Morgan fingerprint density at radius 3 is 2.79 bits per heavy atom. The number of alkyl halides is 1. The number of hydrogen-bond donors (Lipinski definition) is 0. The molecule has 0 fully saturated rings. The minimum Gasteiger partial charge on any atom is -0.338 e. The highest BCUT2D eigenvalue weighted by atomic mass is 79.9. The summed E-state index contributed by atoms with van der Waals surface area (Å²) in [6.45, 7) is 0. The van der Waals surface area contributed by atoms with E-state index in [0.29, 0.717) is 5.92 Å². The van der Waals surface area contributed by atoms with Gasteiger partial charge in [0.25, 0.3) is 0 Å². The van der Waals surface area contributed by atoms with Gasteiger partial charge in [0, 0.05) is 36.2 Å². The molecule has 0 spiro atoms. The lowest BCUT2D eigenvalue weighted by molar-refractivity contribution is 0.528. The summed E-state index contributed by atoms with van der Waals surface area (Å²) in [5, 5.41) is 1.85. The van der Waals surface area contributed by atoms with Crippen molar-refractivity contribution >= 4 is 27.5 Å². The fourth-order valence-electron chi connectivity index (χ4n) is 2.18. The number of aryl methyl sites for hydroxylation is 2. The molecule has 19 heavy (non-hydrogen) atoms. The Hall–Kier alpha value is -0.800. The lowest BCUT2D eigenvalue weighted by Gasteiger charge is -2.14. The van der Waals surface area contributed by atoms with E-state index in [9.17, 15) is 0 Å². The molecule has 0 saturated carbocycles. The zero-order valence-corrected chi connectivity index (χ0v) is 13.4. The molecule has 2 aromatic rings. The normalized spacial score (nSPS) is 12.6. The number of imidazole rings is 1. The SMILES string of the molecule is Cn1ccnc1CCC(CBr)Cc1ccccc1Cl. The van der Waals surface area contributed by atoms with Crippen molar-refractivity contribution in [2.45, 2.75) is 19.3 Å². The minimum absolute atomic E-state index is 0.580. The van der Waals surface area contributed by atoms with Crippen molar-refractivity contribution in [3.63, 3.8) is 0 Å². The van der Waals surface area contributed by atoms with Crippen molar-refractivity contribution in [3.8, 4) is 0 Å². The predicted octanol–water partition coefficient (Wildman–Crippen LogP) is 4.26. The van der Waals surface area contributed by atoms with E-state index < -0.39 is 0 Å². The first-order valence-corrected chi connectivity index (χ1v) is 7.96. The molecule has 4 heteroatoms. The van der Waals surface area contributed by atoms with Crippen LogP contribution >= 0.6 is 27.5 Å². The van der Waals surface area contributed by atoms with E-state index in [1.807, 2.05) is 37.6 Å². The number of hydrogen-bond acceptors (Lipinski definition) is 1. The van der Waals surface area contributed by atoms with Crippen LogP contribution in [0.2, 0.25) is 5.02 Å². The molecule has 0 saturated heterocycles. The molecule has 0 N–H and O–H groups in total. The van der Waals surface area contributed by atoms with E-state index in [0.717, 1.165) is 35.4 Å². The molecule has 1 aromatic carbocycles. The maximum atomic E-state index is 6.22. The summed E-state index contributed by atoms with van der Waals surface area (Å²) in [7, 11) is 2.04. The van der Waals surface area contributed by atoms with E-state index in [2.05, 4.69) is 31.5 Å². The molecule has 0 aliphatic carbocycles. The molecular formula is C15H18BrClN2. The van der Waals surface area contributed by atoms with Gasteiger partial charge in [0.15, 0.2) is 0 Å². The van der Waals surface area contributed by atoms with E-state index >= 15 is 0 Å². The molecule has 1 unspecified atom stereocenters. The lowest BCUT2D eigenvalue weighted by Crippen LogP contribution is -2.10. The summed E-state index contributed by atoms with van der Waals surface area (Å²) in [5.41, 5.74) is 1.23. The number of nitrogens with zero attached hydrogens (tertiary/aromatic N) is 2. The summed E-state index contributed by atoms with van der Waals surface area (Å²) in [6, 6.07) is 8.09. The number of benzene rings is 1. The van der Waals surface area contributed by atoms with Crippen molar-refractivity contribution in [1.29, 1.82) is 0 Å². The van der Waals surface area contributed by atoms with E-state index in [4.69, 9.17) is 11.6 Å². The first-order chi connectivity index (χ1) is 9.20. The smallest absolute Gasteiger partial charge is 0.108 e. The van der Waals surface area contributed by atoms with Crippen LogP contribution in [0, 0.1) is 5.92 Å². The number of aromatic nitrogens is 2. The first kappa shape index (κ1) is 14.6. The van der Waals surface area contributed by atoms with Crippen LogP contribution in [-0.4, -0.2) is 14.9 Å². The van der Waals surface area contributed by atoms with Gasteiger partial charge in [-0.15, -0.1) is 0 Å². The number of halogens is 2. The van der Waals surface area contributed by atoms with Crippen LogP contribution in [0.5, 0.6) is 0 Å². The summed E-state index contributed by atoms with van der Waals surface area (Å²) in [4.78, 5) is 4.37. The second-order valence-corrected chi connectivity index (χ2v) is 5.86. The van der Waals surface area contributed by atoms with Crippen LogP contribution < -0.4 is 0 Å². The van der Waals surface area contributed by atoms with Gasteiger partial charge in [0.1, 0.15) is 5.82 Å². The molecule has 0 radical (unpaired) electrons. The summed E-state index contributed by atoms with van der Waals surface area (Å²) >= 11 is 9.83.